The second kappa shape index (κ2) is 8.45. The molecule has 0 bridgehead atoms. The maximum atomic E-state index is 12.0. The summed E-state index contributed by atoms with van der Waals surface area (Å²) in [4.78, 5) is 13.9. The first kappa shape index (κ1) is 17.2. The minimum Gasteiger partial charge on any atom is -0.380 e. The smallest absolute Gasteiger partial charge is 0.234 e. The lowest BCUT2D eigenvalue weighted by Gasteiger charge is -2.14. The lowest BCUT2D eigenvalue weighted by atomic mass is 10.1. The van der Waals surface area contributed by atoms with Gasteiger partial charge in [-0.3, -0.25) is 9.69 Å². The Balaban J connectivity index is 1.77. The number of likely N-dealkylation sites (N-methyl/N-ethyl adjacent to an activating group) is 1. The molecule has 1 amide bonds. The molecule has 2 rings (SSSR count). The molecule has 0 atom stereocenters. The number of amides is 1. The van der Waals surface area contributed by atoms with Gasteiger partial charge in [-0.2, -0.15) is 0 Å². The second-order valence-electron chi connectivity index (χ2n) is 5.63. The van der Waals surface area contributed by atoms with Crippen molar-refractivity contribution < 1.29 is 14.1 Å². The van der Waals surface area contributed by atoms with Crippen LogP contribution in [0, 0.1) is 6.92 Å². The van der Waals surface area contributed by atoms with Gasteiger partial charge in [0, 0.05) is 26.3 Å². The van der Waals surface area contributed by atoms with Crippen LogP contribution in [-0.2, 0) is 29.2 Å². The number of hydrogen-bond acceptors (Lipinski definition) is 5. The molecule has 0 aliphatic heterocycles. The van der Waals surface area contributed by atoms with Crippen molar-refractivity contribution in [2.24, 2.45) is 0 Å². The molecule has 0 fully saturated rings. The van der Waals surface area contributed by atoms with Crippen molar-refractivity contribution in [3.8, 4) is 0 Å². The predicted molar refractivity (Wildman–Crippen MR) is 86.6 cm³/mol. The standard InChI is InChI=1S/C17H23N3O3/c1-13-7-16(19-23-13)10-20(2)11-17(21)18-9-14-5-4-6-15(8-14)12-22-3/h4-8H,9-12H2,1-3H3,(H,18,21). The van der Waals surface area contributed by atoms with E-state index in [1.807, 2.05) is 49.2 Å². The van der Waals surface area contributed by atoms with Gasteiger partial charge in [0.25, 0.3) is 0 Å². The fourth-order valence-corrected chi connectivity index (χ4v) is 2.32. The van der Waals surface area contributed by atoms with E-state index in [0.29, 0.717) is 26.2 Å². The van der Waals surface area contributed by atoms with Gasteiger partial charge in [-0.05, 0) is 25.1 Å². The molecule has 1 heterocycles. The van der Waals surface area contributed by atoms with Gasteiger partial charge in [-0.1, -0.05) is 29.4 Å². The summed E-state index contributed by atoms with van der Waals surface area (Å²) < 4.78 is 10.1. The van der Waals surface area contributed by atoms with E-state index in [1.165, 1.54) is 0 Å². The first-order valence-corrected chi connectivity index (χ1v) is 7.51. The van der Waals surface area contributed by atoms with Crippen molar-refractivity contribution in [2.75, 3.05) is 20.7 Å². The maximum Gasteiger partial charge on any atom is 0.234 e. The summed E-state index contributed by atoms with van der Waals surface area (Å²) in [6.45, 7) is 3.81. The number of ether oxygens (including phenoxy) is 1. The van der Waals surface area contributed by atoms with E-state index in [4.69, 9.17) is 9.26 Å². The molecule has 0 saturated carbocycles. The topological polar surface area (TPSA) is 67.6 Å². The number of aryl methyl sites for hydroxylation is 1. The molecule has 2 aromatic rings. The monoisotopic (exact) mass is 317 g/mol. The van der Waals surface area contributed by atoms with Gasteiger partial charge in [-0.25, -0.2) is 0 Å². The van der Waals surface area contributed by atoms with E-state index in [0.717, 1.165) is 22.6 Å². The normalized spacial score (nSPS) is 11.0. The quantitative estimate of drug-likeness (QED) is 0.805. The van der Waals surface area contributed by atoms with Crippen LogP contribution in [0.2, 0.25) is 0 Å². The summed E-state index contributed by atoms with van der Waals surface area (Å²) in [5.41, 5.74) is 2.98. The minimum atomic E-state index is -0.0233. The highest BCUT2D eigenvalue weighted by Crippen LogP contribution is 2.07. The lowest BCUT2D eigenvalue weighted by molar-refractivity contribution is -0.122. The third-order valence-corrected chi connectivity index (χ3v) is 3.31. The highest BCUT2D eigenvalue weighted by Gasteiger charge is 2.09. The fourth-order valence-electron chi connectivity index (χ4n) is 2.32. The number of rotatable bonds is 8. The van der Waals surface area contributed by atoms with Crippen molar-refractivity contribution in [1.29, 1.82) is 0 Å². The number of methoxy groups -OCH3 is 1. The summed E-state index contributed by atoms with van der Waals surface area (Å²) in [5.74, 6) is 0.749. The molecule has 0 unspecified atom stereocenters. The van der Waals surface area contributed by atoms with Crippen molar-refractivity contribution in [3.63, 3.8) is 0 Å². The van der Waals surface area contributed by atoms with Crippen molar-refractivity contribution in [2.45, 2.75) is 26.6 Å². The molecule has 6 heteroatoms. The fraction of sp³-hybridized carbons (Fsp3) is 0.412. The largest absolute Gasteiger partial charge is 0.380 e. The molecular formula is C17H23N3O3. The Hall–Kier alpha value is -2.18. The summed E-state index contributed by atoms with van der Waals surface area (Å²) in [6.07, 6.45) is 0. The number of carbonyl (C=O) groups is 1. The molecule has 124 valence electrons. The number of aromatic nitrogens is 1. The Morgan fingerprint density at radius 3 is 2.83 bits per heavy atom. The van der Waals surface area contributed by atoms with Gasteiger partial charge < -0.3 is 14.6 Å². The highest BCUT2D eigenvalue weighted by molar-refractivity contribution is 5.77. The van der Waals surface area contributed by atoms with Crippen LogP contribution in [-0.4, -0.2) is 36.7 Å². The zero-order valence-corrected chi connectivity index (χ0v) is 13.8. The van der Waals surface area contributed by atoms with Crippen LogP contribution in [0.15, 0.2) is 34.9 Å². The van der Waals surface area contributed by atoms with Crippen molar-refractivity contribution >= 4 is 5.91 Å². The number of nitrogens with zero attached hydrogens (tertiary/aromatic N) is 2. The van der Waals surface area contributed by atoms with E-state index in [1.54, 1.807) is 7.11 Å². The van der Waals surface area contributed by atoms with Crippen LogP contribution in [0.5, 0.6) is 0 Å². The van der Waals surface area contributed by atoms with Crippen LogP contribution in [0.4, 0.5) is 0 Å². The molecule has 1 N–H and O–H groups in total. The molecule has 23 heavy (non-hydrogen) atoms. The molecule has 6 nitrogen and oxygen atoms in total. The van der Waals surface area contributed by atoms with Gasteiger partial charge >= 0.3 is 0 Å². The average Bonchev–Trinajstić information content (AvgIpc) is 2.91. The molecule has 1 aromatic heterocycles. The van der Waals surface area contributed by atoms with Gasteiger partial charge in [0.2, 0.25) is 5.91 Å². The van der Waals surface area contributed by atoms with Crippen molar-refractivity contribution in [1.82, 2.24) is 15.4 Å². The predicted octanol–water partition coefficient (Wildman–Crippen LogP) is 1.88. The molecular weight excluding hydrogens is 294 g/mol. The van der Waals surface area contributed by atoms with Gasteiger partial charge in [0.05, 0.1) is 18.8 Å². The van der Waals surface area contributed by atoms with Gasteiger partial charge in [-0.15, -0.1) is 0 Å². The third-order valence-electron chi connectivity index (χ3n) is 3.31. The summed E-state index contributed by atoms with van der Waals surface area (Å²) in [6, 6.07) is 9.86. The first-order chi connectivity index (χ1) is 11.1. The molecule has 0 aliphatic carbocycles. The highest BCUT2D eigenvalue weighted by atomic mass is 16.5. The van der Waals surface area contributed by atoms with E-state index in [9.17, 15) is 4.79 Å². The molecule has 0 spiro atoms. The molecule has 0 aliphatic rings. The van der Waals surface area contributed by atoms with E-state index in [-0.39, 0.29) is 5.91 Å². The summed E-state index contributed by atoms with van der Waals surface area (Å²) >= 11 is 0. The Bertz CT molecular complexity index is 640. The summed E-state index contributed by atoms with van der Waals surface area (Å²) in [7, 11) is 3.55. The first-order valence-electron chi connectivity index (χ1n) is 7.51. The number of nitrogens with one attached hydrogen (secondary N) is 1. The van der Waals surface area contributed by atoms with Crippen LogP contribution in [0.3, 0.4) is 0 Å². The van der Waals surface area contributed by atoms with Crippen LogP contribution in [0.1, 0.15) is 22.6 Å². The van der Waals surface area contributed by atoms with Gasteiger partial charge in [0.1, 0.15) is 5.76 Å². The van der Waals surface area contributed by atoms with E-state index in [2.05, 4.69) is 10.5 Å². The lowest BCUT2D eigenvalue weighted by Crippen LogP contribution is -2.34. The molecule has 0 radical (unpaired) electrons. The van der Waals surface area contributed by atoms with Crippen LogP contribution in [0.25, 0.3) is 0 Å². The van der Waals surface area contributed by atoms with Gasteiger partial charge in [0.15, 0.2) is 0 Å². The van der Waals surface area contributed by atoms with E-state index < -0.39 is 0 Å². The number of carbonyl (C=O) groups excluding carboxylic acids is 1. The summed E-state index contributed by atoms with van der Waals surface area (Å²) in [5, 5.41) is 6.85. The van der Waals surface area contributed by atoms with Crippen molar-refractivity contribution in [3.05, 3.63) is 52.9 Å². The minimum absolute atomic E-state index is 0.0233. The van der Waals surface area contributed by atoms with Crippen LogP contribution < -0.4 is 5.32 Å². The zero-order chi connectivity index (χ0) is 16.7. The Morgan fingerprint density at radius 1 is 1.35 bits per heavy atom. The van der Waals surface area contributed by atoms with Crippen LogP contribution >= 0.6 is 0 Å². The average molecular weight is 317 g/mol. The zero-order valence-electron chi connectivity index (χ0n) is 13.8. The Kier molecular flexibility index (Phi) is 6.31. The third kappa shape index (κ3) is 5.84. The number of benzene rings is 1. The second-order valence-corrected chi connectivity index (χ2v) is 5.63. The SMILES string of the molecule is COCc1cccc(CNC(=O)CN(C)Cc2cc(C)on2)c1. The Morgan fingerprint density at radius 2 is 2.13 bits per heavy atom. The molecule has 1 aromatic carbocycles. The maximum absolute atomic E-state index is 12.0. The van der Waals surface area contributed by atoms with E-state index >= 15 is 0 Å². The molecule has 0 saturated heterocycles. The Labute approximate surface area is 136 Å². The number of hydrogen-bond donors (Lipinski definition) is 1.